The number of nitro groups is 1. The minimum atomic E-state index is -0.642. The van der Waals surface area contributed by atoms with Crippen LogP contribution in [0, 0.1) is 10.1 Å². The van der Waals surface area contributed by atoms with Gasteiger partial charge in [-0.1, -0.05) is 30.1 Å². The molecule has 1 heterocycles. The molecule has 0 saturated carbocycles. The molecule has 0 N–H and O–H groups in total. The monoisotopic (exact) mass is 437 g/mol. The highest BCUT2D eigenvalue weighted by atomic mass is 35.5. The maximum atomic E-state index is 12.9. The third-order valence-electron chi connectivity index (χ3n) is 4.83. The van der Waals surface area contributed by atoms with Crippen LogP contribution in [0.5, 0.6) is 5.75 Å². The first-order valence-electron chi connectivity index (χ1n) is 9.29. The normalized spacial score (nSPS) is 15.1. The number of rotatable bonds is 6. The fourth-order valence-corrected chi connectivity index (χ4v) is 3.53. The minimum Gasteiger partial charge on any atom is -0.479 e. The Balaban J connectivity index is 1.60. The number of piperazine rings is 1. The molecule has 3 rings (SSSR count). The Bertz CT molecular complexity index is 884. The van der Waals surface area contributed by atoms with Crippen molar-refractivity contribution in [3.8, 4) is 5.75 Å². The van der Waals surface area contributed by atoms with Gasteiger partial charge < -0.3 is 14.5 Å². The molecule has 1 aliphatic heterocycles. The number of non-ortho nitro benzene ring substituents is 1. The fraction of sp³-hybridized carbons (Fsp3) is 0.350. The van der Waals surface area contributed by atoms with Crippen LogP contribution in [-0.4, -0.2) is 48.0 Å². The molecule has 2 aromatic rings. The van der Waals surface area contributed by atoms with Gasteiger partial charge in [0.15, 0.2) is 6.10 Å². The van der Waals surface area contributed by atoms with E-state index in [1.165, 1.54) is 12.1 Å². The quantitative estimate of drug-likeness (QED) is 0.494. The van der Waals surface area contributed by atoms with E-state index in [2.05, 4.69) is 4.90 Å². The van der Waals surface area contributed by atoms with Gasteiger partial charge in [0, 0.05) is 55.1 Å². The van der Waals surface area contributed by atoms with Crippen LogP contribution < -0.4 is 9.64 Å². The van der Waals surface area contributed by atoms with Crippen molar-refractivity contribution < 1.29 is 14.5 Å². The molecule has 1 atom stereocenters. The lowest BCUT2D eigenvalue weighted by Gasteiger charge is -2.37. The zero-order valence-corrected chi connectivity index (χ0v) is 17.4. The van der Waals surface area contributed by atoms with Crippen LogP contribution in [0.1, 0.15) is 13.3 Å². The second-order valence-electron chi connectivity index (χ2n) is 6.68. The molecule has 29 heavy (non-hydrogen) atoms. The third kappa shape index (κ3) is 5.10. The number of carbonyl (C=O) groups excluding carboxylic acids is 1. The largest absolute Gasteiger partial charge is 0.479 e. The summed E-state index contributed by atoms with van der Waals surface area (Å²) >= 11 is 12.1. The van der Waals surface area contributed by atoms with E-state index < -0.39 is 11.0 Å². The molecule has 0 radical (unpaired) electrons. The van der Waals surface area contributed by atoms with Crippen LogP contribution in [-0.2, 0) is 4.79 Å². The van der Waals surface area contributed by atoms with Crippen LogP contribution >= 0.6 is 23.2 Å². The summed E-state index contributed by atoms with van der Waals surface area (Å²) in [7, 11) is 0. The summed E-state index contributed by atoms with van der Waals surface area (Å²) < 4.78 is 5.85. The van der Waals surface area contributed by atoms with E-state index in [0.717, 1.165) is 5.69 Å². The lowest BCUT2D eigenvalue weighted by Crippen LogP contribution is -2.52. The Morgan fingerprint density at radius 1 is 1.14 bits per heavy atom. The van der Waals surface area contributed by atoms with Crippen LogP contribution in [0.3, 0.4) is 0 Å². The number of anilines is 1. The van der Waals surface area contributed by atoms with Gasteiger partial charge in [0.1, 0.15) is 5.75 Å². The maximum absolute atomic E-state index is 12.9. The number of nitrogens with zero attached hydrogens (tertiary/aromatic N) is 3. The highest BCUT2D eigenvalue weighted by Crippen LogP contribution is 2.29. The van der Waals surface area contributed by atoms with Gasteiger partial charge in [-0.15, -0.1) is 0 Å². The van der Waals surface area contributed by atoms with E-state index in [1.807, 2.05) is 6.92 Å². The Kier molecular flexibility index (Phi) is 6.82. The summed E-state index contributed by atoms with van der Waals surface area (Å²) in [5, 5.41) is 11.7. The highest BCUT2D eigenvalue weighted by molar-refractivity contribution is 6.34. The lowest BCUT2D eigenvalue weighted by atomic mass is 10.2. The summed E-state index contributed by atoms with van der Waals surface area (Å²) in [6, 6.07) is 11.3. The summed E-state index contributed by atoms with van der Waals surface area (Å²) in [5.41, 5.74) is 0.960. The van der Waals surface area contributed by atoms with Crippen LogP contribution in [0.4, 0.5) is 11.4 Å². The molecule has 0 aromatic heterocycles. The van der Waals surface area contributed by atoms with Crippen molar-refractivity contribution in [3.63, 3.8) is 0 Å². The van der Waals surface area contributed by atoms with E-state index in [9.17, 15) is 14.9 Å². The predicted octanol–water partition coefficient (Wildman–Crippen LogP) is 4.41. The topological polar surface area (TPSA) is 75.9 Å². The van der Waals surface area contributed by atoms with E-state index in [4.69, 9.17) is 27.9 Å². The van der Waals surface area contributed by atoms with E-state index in [1.54, 1.807) is 35.2 Å². The number of halogens is 2. The molecule has 1 saturated heterocycles. The summed E-state index contributed by atoms with van der Waals surface area (Å²) in [6.45, 7) is 4.24. The molecule has 1 amide bonds. The molecular weight excluding hydrogens is 417 g/mol. The molecule has 2 aromatic carbocycles. The molecule has 0 aliphatic carbocycles. The van der Waals surface area contributed by atoms with Crippen molar-refractivity contribution in [2.75, 3.05) is 31.1 Å². The van der Waals surface area contributed by atoms with Crippen molar-refractivity contribution in [3.05, 3.63) is 62.6 Å². The first-order valence-corrected chi connectivity index (χ1v) is 10.0. The highest BCUT2D eigenvalue weighted by Gasteiger charge is 2.28. The Hall–Kier alpha value is -2.51. The number of amides is 1. The van der Waals surface area contributed by atoms with Gasteiger partial charge in [-0.25, -0.2) is 0 Å². The maximum Gasteiger partial charge on any atom is 0.269 e. The van der Waals surface area contributed by atoms with Crippen molar-refractivity contribution in [1.82, 2.24) is 4.90 Å². The molecule has 0 unspecified atom stereocenters. The Labute approximate surface area is 178 Å². The predicted molar refractivity (Wildman–Crippen MR) is 113 cm³/mol. The number of ether oxygens (including phenoxy) is 1. The van der Waals surface area contributed by atoms with Crippen LogP contribution in [0.2, 0.25) is 10.0 Å². The van der Waals surface area contributed by atoms with Gasteiger partial charge in [-0.2, -0.15) is 0 Å². The minimum absolute atomic E-state index is 0.0603. The van der Waals surface area contributed by atoms with Crippen LogP contribution in [0.15, 0.2) is 42.5 Å². The number of carbonyl (C=O) groups is 1. The molecule has 154 valence electrons. The number of benzene rings is 2. The van der Waals surface area contributed by atoms with E-state index >= 15 is 0 Å². The van der Waals surface area contributed by atoms with Crippen molar-refractivity contribution in [2.24, 2.45) is 0 Å². The Morgan fingerprint density at radius 2 is 1.79 bits per heavy atom. The van der Waals surface area contributed by atoms with Gasteiger partial charge in [0.05, 0.1) is 9.95 Å². The molecule has 7 nitrogen and oxygen atoms in total. The van der Waals surface area contributed by atoms with Gasteiger partial charge in [-0.3, -0.25) is 14.9 Å². The average molecular weight is 438 g/mol. The van der Waals surface area contributed by atoms with Gasteiger partial charge >= 0.3 is 0 Å². The van der Waals surface area contributed by atoms with Crippen molar-refractivity contribution in [2.45, 2.75) is 19.4 Å². The standard InChI is InChI=1S/C20H21Cl2N3O4/c1-2-18(29-19-13-14(21)3-8-17(19)22)20(26)24-11-9-23(10-12-24)15-4-6-16(7-5-15)25(27)28/h3-8,13,18H,2,9-12H2,1H3/t18-/m0/s1. The Morgan fingerprint density at radius 3 is 2.38 bits per heavy atom. The molecule has 9 heteroatoms. The third-order valence-corrected chi connectivity index (χ3v) is 5.37. The molecule has 1 fully saturated rings. The second kappa shape index (κ2) is 9.33. The molecule has 1 aliphatic rings. The van der Waals surface area contributed by atoms with Crippen LogP contribution in [0.25, 0.3) is 0 Å². The van der Waals surface area contributed by atoms with Crippen molar-refractivity contribution in [1.29, 1.82) is 0 Å². The first kappa shape index (κ1) is 21.2. The smallest absolute Gasteiger partial charge is 0.269 e. The number of hydrogen-bond donors (Lipinski definition) is 0. The number of nitro benzene ring substituents is 1. The number of hydrogen-bond acceptors (Lipinski definition) is 5. The molecule has 0 bridgehead atoms. The van der Waals surface area contributed by atoms with E-state index in [0.29, 0.717) is 48.4 Å². The van der Waals surface area contributed by atoms with Gasteiger partial charge in [0.25, 0.3) is 11.6 Å². The first-order chi connectivity index (χ1) is 13.9. The van der Waals surface area contributed by atoms with Gasteiger partial charge in [-0.05, 0) is 30.7 Å². The zero-order chi connectivity index (χ0) is 21.0. The lowest BCUT2D eigenvalue weighted by molar-refractivity contribution is -0.384. The summed E-state index contributed by atoms with van der Waals surface area (Å²) in [6.07, 6.45) is -0.138. The molecule has 0 spiro atoms. The average Bonchev–Trinajstić information content (AvgIpc) is 2.74. The fourth-order valence-electron chi connectivity index (χ4n) is 3.20. The van der Waals surface area contributed by atoms with E-state index in [-0.39, 0.29) is 11.6 Å². The van der Waals surface area contributed by atoms with Crippen molar-refractivity contribution >= 4 is 40.5 Å². The SMILES string of the molecule is CC[C@H](Oc1cc(Cl)ccc1Cl)C(=O)N1CCN(c2ccc([N+](=O)[O-])cc2)CC1. The summed E-state index contributed by atoms with van der Waals surface area (Å²) in [4.78, 5) is 27.2. The van der Waals surface area contributed by atoms with Gasteiger partial charge in [0.2, 0.25) is 0 Å². The summed E-state index contributed by atoms with van der Waals surface area (Å²) in [5.74, 6) is 0.302. The second-order valence-corrected chi connectivity index (χ2v) is 7.52. The zero-order valence-electron chi connectivity index (χ0n) is 15.9. The molecular formula is C20H21Cl2N3O4.